The van der Waals surface area contributed by atoms with Crippen LogP contribution in [0.4, 0.5) is 0 Å². The van der Waals surface area contributed by atoms with Crippen LogP contribution in [0.25, 0.3) is 0 Å². The molecule has 1 heterocycles. The van der Waals surface area contributed by atoms with Crippen LogP contribution in [-0.2, 0) is 0 Å². The van der Waals surface area contributed by atoms with E-state index < -0.39 is 5.60 Å². The highest BCUT2D eigenvalue weighted by molar-refractivity contribution is 5.94. The van der Waals surface area contributed by atoms with Gasteiger partial charge in [0, 0.05) is 18.7 Å². The van der Waals surface area contributed by atoms with Gasteiger partial charge in [0.05, 0.1) is 19.8 Å². The maximum atomic E-state index is 12.1. The molecule has 1 fully saturated rings. The Bertz CT molecular complexity index is 484. The molecule has 0 aromatic heterocycles. The number of hydrogen-bond acceptors (Lipinski definition) is 5. The van der Waals surface area contributed by atoms with Crippen molar-refractivity contribution >= 4 is 5.91 Å². The van der Waals surface area contributed by atoms with Crippen LogP contribution in [-0.4, -0.2) is 50.5 Å². The molecule has 2 rings (SSSR count). The second-order valence-electron chi connectivity index (χ2n) is 4.90. The van der Waals surface area contributed by atoms with Crippen molar-refractivity contribution in [1.29, 1.82) is 0 Å². The number of amides is 1. The lowest BCUT2D eigenvalue weighted by Crippen LogP contribution is -2.44. The maximum Gasteiger partial charge on any atom is 0.251 e. The number of ether oxygens (including phenoxy) is 2. The first-order valence-corrected chi connectivity index (χ1v) is 6.51. The SMILES string of the molecule is COc1ccc(C(=O)NCC2(O)CCNC2)cc1OC. The van der Waals surface area contributed by atoms with E-state index in [1.807, 2.05) is 0 Å². The number of carbonyl (C=O) groups is 1. The van der Waals surface area contributed by atoms with E-state index in [0.717, 1.165) is 6.54 Å². The van der Waals surface area contributed by atoms with E-state index in [9.17, 15) is 9.90 Å². The molecule has 1 aromatic carbocycles. The summed E-state index contributed by atoms with van der Waals surface area (Å²) in [5.74, 6) is 0.829. The van der Waals surface area contributed by atoms with E-state index in [1.165, 1.54) is 7.11 Å². The van der Waals surface area contributed by atoms with Crippen molar-refractivity contribution in [2.45, 2.75) is 12.0 Å². The molecule has 1 atom stereocenters. The largest absolute Gasteiger partial charge is 0.493 e. The minimum Gasteiger partial charge on any atom is -0.493 e. The monoisotopic (exact) mass is 280 g/mol. The molecular formula is C14H20N2O4. The van der Waals surface area contributed by atoms with Gasteiger partial charge < -0.3 is 25.2 Å². The molecule has 0 spiro atoms. The number of nitrogens with one attached hydrogen (secondary N) is 2. The van der Waals surface area contributed by atoms with Gasteiger partial charge in [-0.25, -0.2) is 0 Å². The number of β-amino-alcohol motifs (C(OH)–C–C–N with tert-alkyl or cyclic N) is 1. The topological polar surface area (TPSA) is 79.8 Å². The fraction of sp³-hybridized carbons (Fsp3) is 0.500. The maximum absolute atomic E-state index is 12.1. The summed E-state index contributed by atoms with van der Waals surface area (Å²) in [6.07, 6.45) is 0.638. The van der Waals surface area contributed by atoms with E-state index in [0.29, 0.717) is 30.0 Å². The van der Waals surface area contributed by atoms with Crippen LogP contribution in [0.3, 0.4) is 0 Å². The number of methoxy groups -OCH3 is 2. The summed E-state index contributed by atoms with van der Waals surface area (Å²) >= 11 is 0. The number of carbonyl (C=O) groups excluding carboxylic acids is 1. The molecule has 1 aromatic rings. The third-order valence-electron chi connectivity index (χ3n) is 3.44. The smallest absolute Gasteiger partial charge is 0.251 e. The lowest BCUT2D eigenvalue weighted by Gasteiger charge is -2.21. The number of aliphatic hydroxyl groups is 1. The zero-order valence-electron chi connectivity index (χ0n) is 11.7. The van der Waals surface area contributed by atoms with Crippen molar-refractivity contribution in [3.05, 3.63) is 23.8 Å². The second-order valence-corrected chi connectivity index (χ2v) is 4.90. The summed E-state index contributed by atoms with van der Waals surface area (Å²) in [6.45, 7) is 1.50. The normalized spacial score (nSPS) is 21.6. The molecule has 0 saturated carbocycles. The van der Waals surface area contributed by atoms with Crippen LogP contribution < -0.4 is 20.1 Å². The standard InChI is InChI=1S/C14H20N2O4/c1-19-11-4-3-10(7-12(11)20-2)13(17)16-9-14(18)5-6-15-8-14/h3-4,7,15,18H,5-6,8-9H2,1-2H3,(H,16,17). The van der Waals surface area contributed by atoms with Crippen molar-refractivity contribution in [3.63, 3.8) is 0 Å². The van der Waals surface area contributed by atoms with E-state index in [1.54, 1.807) is 25.3 Å². The molecule has 0 bridgehead atoms. The summed E-state index contributed by atoms with van der Waals surface area (Å²) in [7, 11) is 3.06. The molecular weight excluding hydrogens is 260 g/mol. The average Bonchev–Trinajstić information content (AvgIpc) is 2.91. The lowest BCUT2D eigenvalue weighted by molar-refractivity contribution is 0.0562. The Morgan fingerprint density at radius 1 is 1.40 bits per heavy atom. The van der Waals surface area contributed by atoms with Crippen molar-refractivity contribution in [2.24, 2.45) is 0 Å². The van der Waals surface area contributed by atoms with Gasteiger partial charge in [0.1, 0.15) is 0 Å². The van der Waals surface area contributed by atoms with Gasteiger partial charge in [-0.3, -0.25) is 4.79 Å². The molecule has 3 N–H and O–H groups in total. The molecule has 20 heavy (non-hydrogen) atoms. The predicted molar refractivity (Wildman–Crippen MR) is 74.3 cm³/mol. The summed E-state index contributed by atoms with van der Waals surface area (Å²) in [4.78, 5) is 12.1. The zero-order chi connectivity index (χ0) is 14.6. The molecule has 1 unspecified atom stereocenters. The van der Waals surface area contributed by atoms with E-state index >= 15 is 0 Å². The quantitative estimate of drug-likeness (QED) is 0.716. The molecule has 1 amide bonds. The molecule has 6 nitrogen and oxygen atoms in total. The second kappa shape index (κ2) is 6.11. The Hall–Kier alpha value is -1.79. The van der Waals surface area contributed by atoms with E-state index in [2.05, 4.69) is 10.6 Å². The van der Waals surface area contributed by atoms with Gasteiger partial charge in [-0.1, -0.05) is 0 Å². The van der Waals surface area contributed by atoms with Gasteiger partial charge in [-0.05, 0) is 31.2 Å². The average molecular weight is 280 g/mol. The van der Waals surface area contributed by atoms with Gasteiger partial charge in [-0.2, -0.15) is 0 Å². The van der Waals surface area contributed by atoms with Crippen LogP contribution in [0.15, 0.2) is 18.2 Å². The molecule has 1 saturated heterocycles. The zero-order valence-corrected chi connectivity index (χ0v) is 11.7. The minimum absolute atomic E-state index is 0.229. The summed E-state index contributed by atoms with van der Waals surface area (Å²) in [5, 5.41) is 16.0. The first-order chi connectivity index (χ1) is 9.58. The van der Waals surface area contributed by atoms with Crippen LogP contribution in [0, 0.1) is 0 Å². The highest BCUT2D eigenvalue weighted by Crippen LogP contribution is 2.27. The number of hydrogen-bond donors (Lipinski definition) is 3. The molecule has 0 aliphatic carbocycles. The molecule has 1 aliphatic heterocycles. The van der Waals surface area contributed by atoms with Gasteiger partial charge in [-0.15, -0.1) is 0 Å². The van der Waals surface area contributed by atoms with Gasteiger partial charge in [0.25, 0.3) is 5.91 Å². The summed E-state index contributed by atoms with van der Waals surface area (Å²) in [5.41, 5.74) is -0.385. The van der Waals surface area contributed by atoms with Crippen molar-refractivity contribution < 1.29 is 19.4 Å². The predicted octanol–water partition coefficient (Wildman–Crippen LogP) is 0.158. The molecule has 6 heteroatoms. The fourth-order valence-corrected chi connectivity index (χ4v) is 2.21. The van der Waals surface area contributed by atoms with Crippen LogP contribution >= 0.6 is 0 Å². The van der Waals surface area contributed by atoms with E-state index in [-0.39, 0.29) is 12.5 Å². The fourth-order valence-electron chi connectivity index (χ4n) is 2.21. The number of benzene rings is 1. The van der Waals surface area contributed by atoms with E-state index in [4.69, 9.17) is 9.47 Å². The van der Waals surface area contributed by atoms with Gasteiger partial charge in [0.2, 0.25) is 0 Å². The first-order valence-electron chi connectivity index (χ1n) is 6.51. The lowest BCUT2D eigenvalue weighted by atomic mass is 10.0. The Labute approximate surface area is 118 Å². The van der Waals surface area contributed by atoms with Crippen molar-refractivity contribution in [1.82, 2.24) is 10.6 Å². The number of rotatable bonds is 5. The van der Waals surface area contributed by atoms with Crippen LogP contribution in [0.2, 0.25) is 0 Å². The highest BCUT2D eigenvalue weighted by Gasteiger charge is 2.31. The molecule has 110 valence electrons. The Kier molecular flexibility index (Phi) is 4.46. The Morgan fingerprint density at radius 2 is 2.15 bits per heavy atom. The van der Waals surface area contributed by atoms with Crippen LogP contribution in [0.1, 0.15) is 16.8 Å². The first kappa shape index (κ1) is 14.6. The Morgan fingerprint density at radius 3 is 2.75 bits per heavy atom. The highest BCUT2D eigenvalue weighted by atomic mass is 16.5. The Balaban J connectivity index is 2.02. The summed E-state index contributed by atoms with van der Waals surface area (Å²) < 4.78 is 10.3. The minimum atomic E-state index is -0.855. The summed E-state index contributed by atoms with van der Waals surface area (Å²) in [6, 6.07) is 4.96. The van der Waals surface area contributed by atoms with Crippen molar-refractivity contribution in [3.8, 4) is 11.5 Å². The third kappa shape index (κ3) is 3.20. The third-order valence-corrected chi connectivity index (χ3v) is 3.44. The van der Waals surface area contributed by atoms with Crippen molar-refractivity contribution in [2.75, 3.05) is 33.9 Å². The van der Waals surface area contributed by atoms with Gasteiger partial charge in [0.15, 0.2) is 11.5 Å². The van der Waals surface area contributed by atoms with Crippen LogP contribution in [0.5, 0.6) is 11.5 Å². The molecule has 0 radical (unpaired) electrons. The molecule has 1 aliphatic rings. The van der Waals surface area contributed by atoms with Gasteiger partial charge >= 0.3 is 0 Å².